The van der Waals surface area contributed by atoms with E-state index in [0.29, 0.717) is 4.47 Å². The molecule has 3 N–H and O–H groups in total. The van der Waals surface area contributed by atoms with Gasteiger partial charge in [0.2, 0.25) is 0 Å². The fourth-order valence-corrected chi connectivity index (χ4v) is 2.31. The molecule has 0 fully saturated rings. The molecule has 1 aromatic carbocycles. The first-order valence-corrected chi connectivity index (χ1v) is 6.90. The topological polar surface area (TPSA) is 78.7 Å². The zero-order valence-electron chi connectivity index (χ0n) is 11.4. The summed E-state index contributed by atoms with van der Waals surface area (Å²) >= 11 is 3.16. The van der Waals surface area contributed by atoms with E-state index in [2.05, 4.69) is 21.4 Å². The SMILES string of the molecule is CC1C(=O)N(C)C=C(C(N)=O)N1Nc1ccc(Br)cc1F. The maximum Gasteiger partial charge on any atom is 0.268 e. The third-order valence-corrected chi connectivity index (χ3v) is 3.59. The Bertz CT molecular complexity index is 635. The highest BCUT2D eigenvalue weighted by atomic mass is 79.9. The highest BCUT2D eigenvalue weighted by molar-refractivity contribution is 9.10. The molecule has 1 heterocycles. The van der Waals surface area contributed by atoms with E-state index in [4.69, 9.17) is 5.73 Å². The van der Waals surface area contributed by atoms with Crippen molar-refractivity contribution in [1.29, 1.82) is 0 Å². The number of rotatable bonds is 3. The molecule has 0 radical (unpaired) electrons. The van der Waals surface area contributed by atoms with E-state index >= 15 is 0 Å². The molecule has 1 aromatic rings. The van der Waals surface area contributed by atoms with Gasteiger partial charge in [0.05, 0.1) is 5.69 Å². The second-order valence-corrected chi connectivity index (χ2v) is 5.53. The maximum absolute atomic E-state index is 13.9. The third-order valence-electron chi connectivity index (χ3n) is 3.09. The lowest BCUT2D eigenvalue weighted by Gasteiger charge is -2.37. The molecule has 0 saturated heterocycles. The van der Waals surface area contributed by atoms with E-state index in [0.717, 1.165) is 0 Å². The summed E-state index contributed by atoms with van der Waals surface area (Å²) in [6, 6.07) is 3.71. The van der Waals surface area contributed by atoms with Gasteiger partial charge in [0.15, 0.2) is 0 Å². The Kier molecular flexibility index (Phi) is 4.17. The number of nitrogens with two attached hydrogens (primary N) is 1. The van der Waals surface area contributed by atoms with Gasteiger partial charge in [0.25, 0.3) is 11.8 Å². The van der Waals surface area contributed by atoms with Gasteiger partial charge < -0.3 is 10.6 Å². The van der Waals surface area contributed by atoms with Crippen molar-refractivity contribution in [3.05, 3.63) is 40.4 Å². The maximum atomic E-state index is 13.9. The van der Waals surface area contributed by atoms with E-state index in [1.807, 2.05) is 0 Å². The molecule has 8 heteroatoms. The fraction of sp³-hybridized carbons (Fsp3) is 0.231. The smallest absolute Gasteiger partial charge is 0.268 e. The molecule has 6 nitrogen and oxygen atoms in total. The van der Waals surface area contributed by atoms with Crippen LogP contribution >= 0.6 is 15.9 Å². The number of benzene rings is 1. The summed E-state index contributed by atoms with van der Waals surface area (Å²) in [5.41, 5.74) is 8.25. The van der Waals surface area contributed by atoms with E-state index < -0.39 is 17.8 Å². The van der Waals surface area contributed by atoms with Gasteiger partial charge >= 0.3 is 0 Å². The molecule has 0 aliphatic carbocycles. The fourth-order valence-electron chi connectivity index (χ4n) is 1.97. The minimum atomic E-state index is -0.716. The van der Waals surface area contributed by atoms with Crippen LogP contribution in [0.25, 0.3) is 0 Å². The number of hydrogen-bond donors (Lipinski definition) is 2. The third kappa shape index (κ3) is 2.99. The van der Waals surface area contributed by atoms with Crippen LogP contribution in [0.2, 0.25) is 0 Å². The molecule has 21 heavy (non-hydrogen) atoms. The van der Waals surface area contributed by atoms with Crippen molar-refractivity contribution in [2.75, 3.05) is 12.5 Å². The first-order valence-electron chi connectivity index (χ1n) is 6.10. The Hall–Kier alpha value is -2.09. The van der Waals surface area contributed by atoms with Gasteiger partial charge in [-0.15, -0.1) is 0 Å². The van der Waals surface area contributed by atoms with Crippen molar-refractivity contribution in [3.63, 3.8) is 0 Å². The molecule has 1 aliphatic heterocycles. The molecule has 1 aliphatic rings. The van der Waals surface area contributed by atoms with Crippen LogP contribution < -0.4 is 11.2 Å². The largest absolute Gasteiger partial charge is 0.364 e. The van der Waals surface area contributed by atoms with Crippen molar-refractivity contribution in [3.8, 4) is 0 Å². The van der Waals surface area contributed by atoms with Crippen LogP contribution in [0.15, 0.2) is 34.6 Å². The lowest BCUT2D eigenvalue weighted by molar-refractivity contribution is -0.133. The first kappa shape index (κ1) is 15.3. The number of amides is 2. The molecular formula is C13H14BrFN4O2. The van der Waals surface area contributed by atoms with E-state index in [1.165, 1.54) is 35.3 Å². The number of anilines is 1. The Morgan fingerprint density at radius 1 is 1.48 bits per heavy atom. The number of carbonyl (C=O) groups is 2. The van der Waals surface area contributed by atoms with E-state index in [9.17, 15) is 14.0 Å². The van der Waals surface area contributed by atoms with Crippen molar-refractivity contribution < 1.29 is 14.0 Å². The molecule has 0 saturated carbocycles. The average molecular weight is 357 g/mol. The summed E-state index contributed by atoms with van der Waals surface area (Å²) in [6.07, 6.45) is 1.31. The van der Waals surface area contributed by atoms with Crippen molar-refractivity contribution in [2.24, 2.45) is 5.73 Å². The summed E-state index contributed by atoms with van der Waals surface area (Å²) in [5.74, 6) is -1.48. The zero-order valence-corrected chi connectivity index (χ0v) is 13.0. The van der Waals surface area contributed by atoms with Gasteiger partial charge in [0, 0.05) is 17.7 Å². The number of nitrogens with one attached hydrogen (secondary N) is 1. The molecule has 0 spiro atoms. The molecule has 0 bridgehead atoms. The summed E-state index contributed by atoms with van der Waals surface area (Å²) in [6.45, 7) is 1.60. The van der Waals surface area contributed by atoms with Crippen LogP contribution in [-0.2, 0) is 9.59 Å². The monoisotopic (exact) mass is 356 g/mol. The number of likely N-dealkylation sites (N-methyl/N-ethyl adjacent to an activating group) is 1. The molecule has 1 atom stereocenters. The van der Waals surface area contributed by atoms with Crippen molar-refractivity contribution in [2.45, 2.75) is 13.0 Å². The van der Waals surface area contributed by atoms with Gasteiger partial charge in [-0.3, -0.25) is 20.0 Å². The lowest BCUT2D eigenvalue weighted by atomic mass is 10.2. The second-order valence-electron chi connectivity index (χ2n) is 4.61. The molecule has 2 rings (SSSR count). The Balaban J connectivity index is 2.37. The molecule has 112 valence electrons. The van der Waals surface area contributed by atoms with E-state index in [-0.39, 0.29) is 17.3 Å². The number of carbonyl (C=O) groups excluding carboxylic acids is 2. The van der Waals surface area contributed by atoms with Crippen LogP contribution in [0, 0.1) is 5.82 Å². The highest BCUT2D eigenvalue weighted by Gasteiger charge is 2.33. The number of hydrazine groups is 1. The Labute approximate surface area is 129 Å². The predicted octanol–water partition coefficient (Wildman–Crippen LogP) is 1.40. The van der Waals surface area contributed by atoms with Crippen LogP contribution in [0.4, 0.5) is 10.1 Å². The van der Waals surface area contributed by atoms with Crippen LogP contribution in [0.1, 0.15) is 6.92 Å². The van der Waals surface area contributed by atoms with Gasteiger partial charge in [-0.1, -0.05) is 15.9 Å². The number of nitrogens with zero attached hydrogens (tertiary/aromatic N) is 2. The van der Waals surface area contributed by atoms with Crippen molar-refractivity contribution in [1.82, 2.24) is 9.91 Å². The predicted molar refractivity (Wildman–Crippen MR) is 79.1 cm³/mol. The summed E-state index contributed by atoms with van der Waals surface area (Å²) < 4.78 is 14.5. The lowest BCUT2D eigenvalue weighted by Crippen LogP contribution is -2.53. The summed E-state index contributed by atoms with van der Waals surface area (Å²) in [7, 11) is 1.53. The molecule has 0 aromatic heterocycles. The minimum absolute atomic E-state index is 0.0759. The van der Waals surface area contributed by atoms with Gasteiger partial charge in [-0.05, 0) is 25.1 Å². The minimum Gasteiger partial charge on any atom is -0.364 e. The molecule has 2 amide bonds. The highest BCUT2D eigenvalue weighted by Crippen LogP contribution is 2.24. The Morgan fingerprint density at radius 2 is 2.14 bits per heavy atom. The molecular weight excluding hydrogens is 343 g/mol. The Morgan fingerprint density at radius 3 is 2.71 bits per heavy atom. The summed E-state index contributed by atoms with van der Waals surface area (Å²) in [4.78, 5) is 24.8. The average Bonchev–Trinajstić information content (AvgIpc) is 2.41. The normalized spacial score (nSPS) is 18.6. The van der Waals surface area contributed by atoms with Crippen LogP contribution in [0.3, 0.4) is 0 Å². The van der Waals surface area contributed by atoms with Gasteiger partial charge in [0.1, 0.15) is 17.6 Å². The quantitative estimate of drug-likeness (QED) is 0.857. The van der Waals surface area contributed by atoms with Crippen LogP contribution in [0.5, 0.6) is 0 Å². The number of primary amides is 1. The van der Waals surface area contributed by atoms with Gasteiger partial charge in [-0.25, -0.2) is 4.39 Å². The molecule has 1 unspecified atom stereocenters. The number of hydrogen-bond acceptors (Lipinski definition) is 4. The summed E-state index contributed by atoms with van der Waals surface area (Å²) in [5, 5.41) is 1.26. The standard InChI is InChI=1S/C13H14BrFN4O2/c1-7-13(21)18(2)6-11(12(16)20)19(7)17-10-4-3-8(14)5-9(10)15/h3-7,17H,1-2H3,(H2,16,20). The van der Waals surface area contributed by atoms with Crippen LogP contribution in [-0.4, -0.2) is 34.8 Å². The number of halogens is 2. The zero-order chi connectivity index (χ0) is 15.7. The van der Waals surface area contributed by atoms with Gasteiger partial charge in [-0.2, -0.15) is 0 Å². The van der Waals surface area contributed by atoms with Crippen molar-refractivity contribution >= 4 is 33.4 Å². The second kappa shape index (κ2) is 5.72. The van der Waals surface area contributed by atoms with E-state index in [1.54, 1.807) is 13.0 Å². The first-order chi connectivity index (χ1) is 9.81.